The van der Waals surface area contributed by atoms with E-state index in [0.29, 0.717) is 63.5 Å². The van der Waals surface area contributed by atoms with Gasteiger partial charge in [0.05, 0.1) is 11.9 Å². The summed E-state index contributed by atoms with van der Waals surface area (Å²) in [7, 11) is 0. The molecule has 2 aromatic carbocycles. The standard InChI is InChI=1S/C15H12O6.4C2H8N2.2ClH.2Cr/c16-12-3-1-8(6-10(12)14(18)19)5-9-2-4-13(17)11(7-9)15(20)21;4*3-1-2-4;;;;/h1-4,6-7,16-17H,5H2,(H,18,19)(H,20,21);4*1-4H2;2*1H;;/q;;;;;;;2*+3/p-6. The Labute approximate surface area is 275 Å². The van der Waals surface area contributed by atoms with Gasteiger partial charge in [-0.05, 0) is 28.7 Å². The van der Waals surface area contributed by atoms with E-state index in [2.05, 4.69) is 0 Å². The molecule has 16 N–H and O–H groups in total. The Hall–Kier alpha value is -1.70. The number of nitrogens with two attached hydrogens (primary N) is 8. The maximum absolute atomic E-state index is 11.3. The molecule has 0 atom stereocenters. The molecule has 0 fully saturated rings. The third-order valence-corrected chi connectivity index (χ3v) is 3.60. The number of benzene rings is 2. The Morgan fingerprint density at radius 1 is 0.512 bits per heavy atom. The summed E-state index contributed by atoms with van der Waals surface area (Å²) in [6, 6.07) is 7.39. The van der Waals surface area contributed by atoms with Gasteiger partial charge < -0.3 is 101 Å². The minimum atomic E-state index is -1.58. The number of carboxylic acid groups (broad SMARTS) is 2. The van der Waals surface area contributed by atoms with E-state index in [1.807, 2.05) is 0 Å². The van der Waals surface area contributed by atoms with E-state index in [1.165, 1.54) is 24.3 Å². The zero-order valence-electron chi connectivity index (χ0n) is 22.5. The molecule has 0 unspecified atom stereocenters. The van der Waals surface area contributed by atoms with Gasteiger partial charge in [0.1, 0.15) is 0 Å². The smallest absolute Gasteiger partial charge is 1.00 e. The molecular formula is C23H40Cl2Cr2N8O6. The maximum Gasteiger partial charge on any atom is 3.00 e. The predicted octanol–water partition coefficient (Wildman–Crippen LogP) is -12.2. The normalized spacial score (nSPS) is 8.20. The van der Waals surface area contributed by atoms with Crippen LogP contribution in [0.2, 0.25) is 0 Å². The van der Waals surface area contributed by atoms with Crippen LogP contribution in [0.4, 0.5) is 0 Å². The second-order valence-corrected chi connectivity index (χ2v) is 6.72. The van der Waals surface area contributed by atoms with E-state index >= 15 is 0 Å². The fourth-order valence-electron chi connectivity index (χ4n) is 1.93. The monoisotopic (exact) mass is 698 g/mol. The van der Waals surface area contributed by atoms with Crippen molar-refractivity contribution in [2.75, 3.05) is 52.4 Å². The van der Waals surface area contributed by atoms with Crippen LogP contribution in [-0.4, -0.2) is 64.3 Å². The van der Waals surface area contributed by atoms with Crippen molar-refractivity contribution < 1.29 is 89.6 Å². The summed E-state index contributed by atoms with van der Waals surface area (Å²) >= 11 is 0. The average Bonchev–Trinajstić information content (AvgIpc) is 2.91. The Bertz CT molecular complexity index is 809. The summed E-state index contributed by atoms with van der Waals surface area (Å²) in [4.78, 5) is 21.6. The number of carboxylic acids is 2. The van der Waals surface area contributed by atoms with Crippen LogP contribution in [0.15, 0.2) is 36.4 Å². The third kappa shape index (κ3) is 31.1. The Morgan fingerprint density at radius 3 is 0.902 bits per heavy atom. The van der Waals surface area contributed by atoms with Crippen LogP contribution in [-0.2, 0) is 41.1 Å². The topological polar surface area (TPSA) is 335 Å². The SMILES string of the molecule is NCCN.NCCN.NCCN.NCCN.O=C([O-])c1cc(Cc2ccc([O-])c(C(=O)[O-])c2)ccc1[O-].[Cl-].[Cl-].[Cr+3].[Cr+3]. The molecule has 0 saturated carbocycles. The third-order valence-electron chi connectivity index (χ3n) is 3.60. The van der Waals surface area contributed by atoms with Crippen LogP contribution in [0, 0.1) is 0 Å². The van der Waals surface area contributed by atoms with Crippen LogP contribution in [0.25, 0.3) is 0 Å². The van der Waals surface area contributed by atoms with Crippen molar-refractivity contribution in [2.45, 2.75) is 6.42 Å². The van der Waals surface area contributed by atoms with Gasteiger partial charge in [-0.1, -0.05) is 47.9 Å². The number of hydrogen-bond acceptors (Lipinski definition) is 14. The first-order valence-corrected chi connectivity index (χ1v) is 11.2. The van der Waals surface area contributed by atoms with Gasteiger partial charge in [0, 0.05) is 52.4 Å². The van der Waals surface area contributed by atoms with Crippen molar-refractivity contribution in [3.05, 3.63) is 58.7 Å². The van der Waals surface area contributed by atoms with Gasteiger partial charge >= 0.3 is 34.7 Å². The minimum Gasteiger partial charge on any atom is -1.00 e. The molecule has 0 amide bonds. The fourth-order valence-corrected chi connectivity index (χ4v) is 1.93. The van der Waals surface area contributed by atoms with Crippen LogP contribution in [0.3, 0.4) is 0 Å². The first-order chi connectivity index (χ1) is 17.5. The van der Waals surface area contributed by atoms with Crippen molar-refractivity contribution in [1.82, 2.24) is 0 Å². The molecule has 2 aromatic rings. The summed E-state index contributed by atoms with van der Waals surface area (Å²) < 4.78 is 0. The maximum atomic E-state index is 11.3. The molecule has 0 spiro atoms. The van der Waals surface area contributed by atoms with Crippen molar-refractivity contribution in [2.24, 2.45) is 45.9 Å². The summed E-state index contributed by atoms with van der Waals surface area (Å²) in [5.41, 5.74) is 39.3. The van der Waals surface area contributed by atoms with Gasteiger partial charge in [-0.25, -0.2) is 0 Å². The van der Waals surface area contributed by atoms with Gasteiger partial charge in [0.25, 0.3) is 0 Å². The van der Waals surface area contributed by atoms with Gasteiger partial charge in [0.2, 0.25) is 0 Å². The molecule has 234 valence electrons. The first kappa shape index (κ1) is 55.3. The minimum absolute atomic E-state index is 0. The molecule has 41 heavy (non-hydrogen) atoms. The second-order valence-electron chi connectivity index (χ2n) is 6.72. The summed E-state index contributed by atoms with van der Waals surface area (Å²) in [6.07, 6.45) is 0.168. The van der Waals surface area contributed by atoms with E-state index in [9.17, 15) is 30.0 Å². The van der Waals surface area contributed by atoms with Crippen molar-refractivity contribution >= 4 is 11.9 Å². The van der Waals surface area contributed by atoms with Gasteiger partial charge in [-0.2, -0.15) is 0 Å². The zero-order chi connectivity index (χ0) is 29.2. The van der Waals surface area contributed by atoms with E-state index in [1.54, 1.807) is 0 Å². The Kier molecular flexibility index (Phi) is 51.6. The quantitative estimate of drug-likeness (QED) is 0.127. The molecule has 0 saturated heterocycles. The van der Waals surface area contributed by atoms with Crippen molar-refractivity contribution in [3.8, 4) is 11.5 Å². The zero-order valence-corrected chi connectivity index (χ0v) is 26.5. The fraction of sp³-hybridized carbons (Fsp3) is 0.391. The molecule has 0 aliphatic carbocycles. The molecule has 2 radical (unpaired) electrons. The van der Waals surface area contributed by atoms with Crippen molar-refractivity contribution in [3.63, 3.8) is 0 Å². The average molecular weight is 700 g/mol. The molecular weight excluding hydrogens is 659 g/mol. The van der Waals surface area contributed by atoms with E-state index < -0.39 is 34.6 Å². The number of hydrogen-bond donors (Lipinski definition) is 8. The van der Waals surface area contributed by atoms with Gasteiger partial charge in [0.15, 0.2) is 0 Å². The summed E-state index contributed by atoms with van der Waals surface area (Å²) in [5, 5.41) is 44.2. The Balaban J connectivity index is -0.0000000969. The molecule has 0 aliphatic heterocycles. The van der Waals surface area contributed by atoms with Crippen LogP contribution < -0.4 is 91.1 Å². The Morgan fingerprint density at radius 2 is 0.732 bits per heavy atom. The van der Waals surface area contributed by atoms with Crippen LogP contribution >= 0.6 is 0 Å². The molecule has 18 heteroatoms. The van der Waals surface area contributed by atoms with E-state index in [-0.39, 0.29) is 66.0 Å². The van der Waals surface area contributed by atoms with E-state index in [4.69, 9.17) is 45.9 Å². The largest absolute Gasteiger partial charge is 3.00 e. The number of rotatable bonds is 8. The van der Waals surface area contributed by atoms with Crippen LogP contribution in [0.1, 0.15) is 31.8 Å². The number of halogens is 2. The molecule has 0 bridgehead atoms. The van der Waals surface area contributed by atoms with Crippen molar-refractivity contribution in [1.29, 1.82) is 0 Å². The summed E-state index contributed by atoms with van der Waals surface area (Å²) in [5.74, 6) is -4.48. The molecule has 14 nitrogen and oxygen atoms in total. The number of carbonyl (C=O) groups is 2. The molecule has 0 heterocycles. The molecule has 2 rings (SSSR count). The predicted molar refractivity (Wildman–Crippen MR) is 136 cm³/mol. The van der Waals surface area contributed by atoms with E-state index in [0.717, 1.165) is 12.1 Å². The van der Waals surface area contributed by atoms with Gasteiger partial charge in [-0.3, -0.25) is 0 Å². The number of aromatic carboxylic acids is 2. The number of carbonyl (C=O) groups excluding carboxylic acids is 2. The molecule has 0 aromatic heterocycles. The summed E-state index contributed by atoms with van der Waals surface area (Å²) in [6.45, 7) is 4.78. The van der Waals surface area contributed by atoms with Crippen LogP contribution in [0.5, 0.6) is 11.5 Å². The first-order valence-electron chi connectivity index (χ1n) is 11.2. The second kappa shape index (κ2) is 38.3. The molecule has 0 aliphatic rings. The van der Waals surface area contributed by atoms with Gasteiger partial charge in [-0.15, -0.1) is 0 Å².